The van der Waals surface area contributed by atoms with Crippen molar-refractivity contribution in [2.24, 2.45) is 23.2 Å². The Bertz CT molecular complexity index is 759. The van der Waals surface area contributed by atoms with Crippen LogP contribution in [0.25, 0.3) is 11.3 Å². The lowest BCUT2D eigenvalue weighted by atomic mass is 9.48. The Labute approximate surface area is 162 Å². The van der Waals surface area contributed by atoms with Crippen molar-refractivity contribution in [1.29, 1.82) is 0 Å². The number of nitrogens with one attached hydrogen (secondary N) is 1. The summed E-state index contributed by atoms with van der Waals surface area (Å²) in [6.07, 6.45) is 8.86. The molecule has 144 valence electrons. The predicted octanol–water partition coefficient (Wildman–Crippen LogP) is 4.66. The molecule has 1 heterocycles. The van der Waals surface area contributed by atoms with Crippen molar-refractivity contribution < 1.29 is 0 Å². The SMILES string of the molecule is CCn1nc(CN[C@@H](C)C23CC4CC(CC(C4)C2)C3)c(-c2ccccc2)n1. The normalized spacial score (nSPS) is 32.7. The molecular formula is C23H32N4. The van der Waals surface area contributed by atoms with Crippen LogP contribution in [-0.2, 0) is 13.1 Å². The maximum atomic E-state index is 4.77. The zero-order valence-corrected chi connectivity index (χ0v) is 16.7. The van der Waals surface area contributed by atoms with Crippen LogP contribution in [-0.4, -0.2) is 21.0 Å². The molecule has 4 fully saturated rings. The minimum Gasteiger partial charge on any atom is -0.308 e. The van der Waals surface area contributed by atoms with Gasteiger partial charge >= 0.3 is 0 Å². The summed E-state index contributed by atoms with van der Waals surface area (Å²) in [5.41, 5.74) is 3.81. The standard InChI is InChI=1S/C23H32N4/c1-3-27-25-21(22(26-27)20-7-5-4-6-8-20)15-24-16(2)23-12-17-9-18(13-23)11-19(10-17)14-23/h4-8,16-19,24H,3,9-15H2,1-2H3/t16-,17?,18?,19?,23?/m0/s1. The highest BCUT2D eigenvalue weighted by molar-refractivity contribution is 5.60. The van der Waals surface area contributed by atoms with Gasteiger partial charge in [0.05, 0.1) is 6.54 Å². The van der Waals surface area contributed by atoms with Crippen LogP contribution in [0.5, 0.6) is 0 Å². The highest BCUT2D eigenvalue weighted by Crippen LogP contribution is 2.61. The van der Waals surface area contributed by atoms with Crippen LogP contribution in [0.4, 0.5) is 0 Å². The van der Waals surface area contributed by atoms with E-state index in [9.17, 15) is 0 Å². The number of hydrogen-bond donors (Lipinski definition) is 1. The van der Waals surface area contributed by atoms with E-state index in [4.69, 9.17) is 10.2 Å². The fourth-order valence-electron chi connectivity index (χ4n) is 6.64. The first-order chi connectivity index (χ1) is 13.1. The topological polar surface area (TPSA) is 42.7 Å². The first-order valence-electron chi connectivity index (χ1n) is 10.9. The monoisotopic (exact) mass is 364 g/mol. The third kappa shape index (κ3) is 3.12. The minimum atomic E-state index is 0.530. The quantitative estimate of drug-likeness (QED) is 0.811. The Kier molecular flexibility index (Phi) is 4.34. The second kappa shape index (κ2) is 6.73. The smallest absolute Gasteiger partial charge is 0.117 e. The molecule has 27 heavy (non-hydrogen) atoms. The Balaban J connectivity index is 1.34. The molecule has 1 N–H and O–H groups in total. The van der Waals surface area contributed by atoms with Crippen molar-refractivity contribution >= 4 is 0 Å². The van der Waals surface area contributed by atoms with Gasteiger partial charge in [-0.2, -0.15) is 15.0 Å². The average molecular weight is 365 g/mol. The van der Waals surface area contributed by atoms with Crippen LogP contribution in [0.2, 0.25) is 0 Å². The minimum absolute atomic E-state index is 0.530. The molecule has 0 radical (unpaired) electrons. The second-order valence-corrected chi connectivity index (χ2v) is 9.43. The lowest BCUT2D eigenvalue weighted by Crippen LogP contribution is -2.54. The van der Waals surface area contributed by atoms with Crippen LogP contribution < -0.4 is 5.32 Å². The molecule has 0 amide bonds. The number of benzene rings is 1. The van der Waals surface area contributed by atoms with Crippen LogP contribution in [0, 0.1) is 23.2 Å². The molecule has 1 atom stereocenters. The molecule has 1 aromatic carbocycles. The van der Waals surface area contributed by atoms with Gasteiger partial charge in [-0.05, 0) is 75.5 Å². The Morgan fingerprint density at radius 1 is 1.04 bits per heavy atom. The van der Waals surface area contributed by atoms with E-state index in [-0.39, 0.29) is 0 Å². The summed E-state index contributed by atoms with van der Waals surface area (Å²) < 4.78 is 0. The van der Waals surface area contributed by atoms with E-state index in [2.05, 4.69) is 49.5 Å². The average Bonchev–Trinajstić information content (AvgIpc) is 3.09. The molecule has 4 aliphatic rings. The third-order valence-corrected chi connectivity index (χ3v) is 7.63. The van der Waals surface area contributed by atoms with Gasteiger partial charge in [-0.25, -0.2) is 0 Å². The van der Waals surface area contributed by atoms with Crippen molar-refractivity contribution in [2.75, 3.05) is 0 Å². The van der Waals surface area contributed by atoms with Crippen molar-refractivity contribution in [2.45, 2.75) is 71.5 Å². The Morgan fingerprint density at radius 3 is 2.26 bits per heavy atom. The van der Waals surface area contributed by atoms with E-state index in [1.807, 2.05) is 4.80 Å². The summed E-state index contributed by atoms with van der Waals surface area (Å²) in [6.45, 7) is 6.15. The molecule has 2 aromatic rings. The van der Waals surface area contributed by atoms with Gasteiger partial charge in [-0.3, -0.25) is 0 Å². The molecule has 1 aromatic heterocycles. The number of aromatic nitrogens is 3. The van der Waals surface area contributed by atoms with Gasteiger partial charge in [-0.1, -0.05) is 30.3 Å². The maximum absolute atomic E-state index is 4.77. The number of nitrogens with zero attached hydrogens (tertiary/aromatic N) is 3. The van der Waals surface area contributed by atoms with Gasteiger partial charge in [0.25, 0.3) is 0 Å². The van der Waals surface area contributed by atoms with Gasteiger partial charge < -0.3 is 5.32 Å². The molecule has 4 bridgehead atoms. The number of aryl methyl sites for hydroxylation is 1. The summed E-state index contributed by atoms with van der Waals surface area (Å²) in [6, 6.07) is 11.0. The van der Waals surface area contributed by atoms with Gasteiger partial charge in [0, 0.05) is 18.2 Å². The highest BCUT2D eigenvalue weighted by Gasteiger charge is 2.52. The van der Waals surface area contributed by atoms with Gasteiger partial charge in [0.1, 0.15) is 11.4 Å². The summed E-state index contributed by atoms with van der Waals surface area (Å²) in [5.74, 6) is 3.00. The Morgan fingerprint density at radius 2 is 1.67 bits per heavy atom. The maximum Gasteiger partial charge on any atom is 0.117 e. The van der Waals surface area contributed by atoms with Gasteiger partial charge in [0.15, 0.2) is 0 Å². The summed E-state index contributed by atoms with van der Waals surface area (Å²) in [5, 5.41) is 13.4. The second-order valence-electron chi connectivity index (χ2n) is 9.43. The zero-order chi connectivity index (χ0) is 18.4. The van der Waals surface area contributed by atoms with E-state index in [1.165, 1.54) is 38.5 Å². The lowest BCUT2D eigenvalue weighted by Gasteiger charge is -2.59. The summed E-state index contributed by atoms with van der Waals surface area (Å²) in [7, 11) is 0. The van der Waals surface area contributed by atoms with E-state index >= 15 is 0 Å². The van der Waals surface area contributed by atoms with Crippen LogP contribution in [0.1, 0.15) is 58.1 Å². The van der Waals surface area contributed by atoms with Gasteiger partial charge in [0.2, 0.25) is 0 Å². The molecule has 4 aliphatic carbocycles. The van der Waals surface area contributed by atoms with E-state index in [1.54, 1.807) is 0 Å². The fourth-order valence-corrected chi connectivity index (χ4v) is 6.64. The number of rotatable bonds is 6. The van der Waals surface area contributed by atoms with Crippen molar-refractivity contribution in [3.8, 4) is 11.3 Å². The van der Waals surface area contributed by atoms with Crippen molar-refractivity contribution in [3.63, 3.8) is 0 Å². The largest absolute Gasteiger partial charge is 0.308 e. The first kappa shape index (κ1) is 17.4. The summed E-state index contributed by atoms with van der Waals surface area (Å²) >= 11 is 0. The molecule has 4 nitrogen and oxygen atoms in total. The van der Waals surface area contributed by atoms with Crippen LogP contribution in [0.15, 0.2) is 30.3 Å². The van der Waals surface area contributed by atoms with Crippen LogP contribution in [0.3, 0.4) is 0 Å². The van der Waals surface area contributed by atoms with E-state index < -0.39 is 0 Å². The molecule has 0 unspecified atom stereocenters. The van der Waals surface area contributed by atoms with Crippen LogP contribution >= 0.6 is 0 Å². The Hall–Kier alpha value is -1.68. The predicted molar refractivity (Wildman–Crippen MR) is 108 cm³/mol. The fraction of sp³-hybridized carbons (Fsp3) is 0.652. The molecule has 0 aliphatic heterocycles. The molecule has 6 rings (SSSR count). The summed E-state index contributed by atoms with van der Waals surface area (Å²) in [4.78, 5) is 1.83. The zero-order valence-electron chi connectivity index (χ0n) is 16.7. The molecule has 0 spiro atoms. The van der Waals surface area contributed by atoms with Crippen molar-refractivity contribution in [1.82, 2.24) is 20.3 Å². The molecule has 4 saturated carbocycles. The lowest BCUT2D eigenvalue weighted by molar-refractivity contribution is -0.0707. The molecular weight excluding hydrogens is 332 g/mol. The molecule has 0 saturated heterocycles. The van der Waals surface area contributed by atoms with E-state index in [0.717, 1.165) is 47.8 Å². The van der Waals surface area contributed by atoms with Gasteiger partial charge in [-0.15, -0.1) is 0 Å². The van der Waals surface area contributed by atoms with Crippen molar-refractivity contribution in [3.05, 3.63) is 36.0 Å². The number of hydrogen-bond acceptors (Lipinski definition) is 3. The third-order valence-electron chi connectivity index (χ3n) is 7.63. The highest BCUT2D eigenvalue weighted by atomic mass is 15.5. The van der Waals surface area contributed by atoms with E-state index in [0.29, 0.717) is 11.5 Å². The first-order valence-corrected chi connectivity index (χ1v) is 10.9. The molecule has 4 heteroatoms.